The first kappa shape index (κ1) is 17.4. The van der Waals surface area contributed by atoms with Crippen LogP contribution in [0.15, 0.2) is 59.0 Å². The standard InChI is InChI=1S/C19H12ClN3O3S/c20-13-7-5-12(6-8-13)19-23-22-16(26-19)11-25-18(24)10-9-17-21-14-3-1-2-4-15(14)27-17/h1-10H,11H2. The van der Waals surface area contributed by atoms with Crippen molar-refractivity contribution >= 4 is 45.2 Å². The topological polar surface area (TPSA) is 78.1 Å². The van der Waals surface area contributed by atoms with Gasteiger partial charge in [-0.05, 0) is 42.5 Å². The van der Waals surface area contributed by atoms with Crippen molar-refractivity contribution in [2.75, 3.05) is 0 Å². The van der Waals surface area contributed by atoms with Crippen LogP contribution in [0.3, 0.4) is 0 Å². The second-order valence-electron chi connectivity index (χ2n) is 5.47. The Morgan fingerprint density at radius 2 is 1.96 bits per heavy atom. The van der Waals surface area contributed by atoms with Crippen LogP contribution in [0.1, 0.15) is 10.9 Å². The van der Waals surface area contributed by atoms with Crippen molar-refractivity contribution < 1.29 is 13.9 Å². The summed E-state index contributed by atoms with van der Waals surface area (Å²) in [5, 5.41) is 9.16. The highest BCUT2D eigenvalue weighted by molar-refractivity contribution is 7.19. The quantitative estimate of drug-likeness (QED) is 0.357. The zero-order chi connectivity index (χ0) is 18.6. The number of ether oxygens (including phenoxy) is 1. The number of esters is 1. The van der Waals surface area contributed by atoms with E-state index in [9.17, 15) is 4.79 Å². The van der Waals surface area contributed by atoms with Gasteiger partial charge in [-0.15, -0.1) is 21.5 Å². The number of benzene rings is 2. The molecule has 2 heterocycles. The molecule has 0 aliphatic heterocycles. The lowest BCUT2D eigenvalue weighted by molar-refractivity contribution is -0.139. The highest BCUT2D eigenvalue weighted by Crippen LogP contribution is 2.23. The fourth-order valence-corrected chi connectivity index (χ4v) is 3.30. The van der Waals surface area contributed by atoms with Gasteiger partial charge in [-0.1, -0.05) is 23.7 Å². The van der Waals surface area contributed by atoms with Gasteiger partial charge in [-0.2, -0.15) is 0 Å². The molecule has 0 aliphatic carbocycles. The molecule has 4 aromatic rings. The molecule has 4 rings (SSSR count). The van der Waals surface area contributed by atoms with E-state index in [1.165, 1.54) is 17.4 Å². The van der Waals surface area contributed by atoms with Crippen molar-refractivity contribution in [2.24, 2.45) is 0 Å². The molecule has 0 N–H and O–H groups in total. The summed E-state index contributed by atoms with van der Waals surface area (Å²) >= 11 is 7.35. The Morgan fingerprint density at radius 3 is 2.78 bits per heavy atom. The minimum absolute atomic E-state index is 0.108. The Hall–Kier alpha value is -3.03. The summed E-state index contributed by atoms with van der Waals surface area (Å²) in [7, 11) is 0. The van der Waals surface area contributed by atoms with Crippen LogP contribution in [0.5, 0.6) is 0 Å². The summed E-state index contributed by atoms with van der Waals surface area (Å²) in [6.07, 6.45) is 2.95. The first-order valence-corrected chi connectivity index (χ1v) is 9.15. The molecule has 0 radical (unpaired) electrons. The Morgan fingerprint density at radius 1 is 1.15 bits per heavy atom. The SMILES string of the molecule is O=C(C=Cc1nc2ccccc2s1)OCc1nnc(-c2ccc(Cl)cc2)o1. The van der Waals surface area contributed by atoms with E-state index < -0.39 is 5.97 Å². The van der Waals surface area contributed by atoms with Gasteiger partial charge in [-0.25, -0.2) is 9.78 Å². The average molecular weight is 398 g/mol. The Balaban J connectivity index is 1.35. The van der Waals surface area contributed by atoms with Crippen LogP contribution in [-0.2, 0) is 16.1 Å². The number of aromatic nitrogens is 3. The lowest BCUT2D eigenvalue weighted by Gasteiger charge is -1.97. The molecule has 0 spiro atoms. The third-order valence-electron chi connectivity index (χ3n) is 3.57. The molecule has 2 aromatic heterocycles. The molecule has 0 fully saturated rings. The number of nitrogens with zero attached hydrogens (tertiary/aromatic N) is 3. The van der Waals surface area contributed by atoms with Gasteiger partial charge in [0.25, 0.3) is 5.89 Å². The number of fused-ring (bicyclic) bond motifs is 1. The molecule has 0 amide bonds. The fourth-order valence-electron chi connectivity index (χ4n) is 2.30. The number of hydrogen-bond donors (Lipinski definition) is 0. The number of thiazole rings is 1. The van der Waals surface area contributed by atoms with Gasteiger partial charge in [0.05, 0.1) is 10.2 Å². The minimum Gasteiger partial charge on any atom is -0.452 e. The van der Waals surface area contributed by atoms with Gasteiger partial charge in [0, 0.05) is 16.7 Å². The number of halogens is 1. The van der Waals surface area contributed by atoms with Crippen molar-refractivity contribution in [1.29, 1.82) is 0 Å². The molecule has 6 nitrogen and oxygen atoms in total. The summed E-state index contributed by atoms with van der Waals surface area (Å²) in [6.45, 7) is -0.108. The van der Waals surface area contributed by atoms with Crippen molar-refractivity contribution in [3.63, 3.8) is 0 Å². The second-order valence-corrected chi connectivity index (χ2v) is 6.97. The van der Waals surface area contributed by atoms with Crippen LogP contribution >= 0.6 is 22.9 Å². The molecule has 134 valence electrons. The van der Waals surface area contributed by atoms with Crippen LogP contribution in [0.25, 0.3) is 27.7 Å². The van der Waals surface area contributed by atoms with Gasteiger partial charge in [0.15, 0.2) is 6.61 Å². The number of carbonyl (C=O) groups is 1. The average Bonchev–Trinajstić information content (AvgIpc) is 3.32. The molecule has 0 unspecified atom stereocenters. The monoisotopic (exact) mass is 397 g/mol. The molecular formula is C19H12ClN3O3S. The predicted octanol–water partition coefficient (Wildman–Crippen LogP) is 4.76. The third kappa shape index (κ3) is 4.21. The molecule has 0 bridgehead atoms. The second kappa shape index (κ2) is 7.69. The predicted molar refractivity (Wildman–Crippen MR) is 103 cm³/mol. The molecular weight excluding hydrogens is 386 g/mol. The highest BCUT2D eigenvalue weighted by atomic mass is 35.5. The lowest BCUT2D eigenvalue weighted by Crippen LogP contribution is -2.00. The maximum Gasteiger partial charge on any atom is 0.331 e. The fraction of sp³-hybridized carbons (Fsp3) is 0.0526. The van der Waals surface area contributed by atoms with Crippen molar-refractivity contribution in [3.8, 4) is 11.5 Å². The summed E-state index contributed by atoms with van der Waals surface area (Å²) in [5.41, 5.74) is 1.64. The number of carbonyl (C=O) groups excluding carboxylic acids is 1. The molecule has 2 aromatic carbocycles. The summed E-state index contributed by atoms with van der Waals surface area (Å²) in [6, 6.07) is 14.8. The van der Waals surface area contributed by atoms with Crippen LogP contribution in [0, 0.1) is 0 Å². The molecule has 27 heavy (non-hydrogen) atoms. The van der Waals surface area contributed by atoms with Crippen LogP contribution < -0.4 is 0 Å². The number of para-hydroxylation sites is 1. The molecule has 0 aliphatic rings. The van der Waals surface area contributed by atoms with Gasteiger partial charge in [0.2, 0.25) is 5.89 Å². The van der Waals surface area contributed by atoms with Crippen LogP contribution in [0.4, 0.5) is 0 Å². The van der Waals surface area contributed by atoms with E-state index in [0.29, 0.717) is 10.9 Å². The number of hydrogen-bond acceptors (Lipinski definition) is 7. The van der Waals surface area contributed by atoms with Crippen molar-refractivity contribution in [3.05, 3.63) is 70.5 Å². The molecule has 0 saturated carbocycles. The maximum atomic E-state index is 11.9. The van der Waals surface area contributed by atoms with E-state index in [2.05, 4.69) is 15.2 Å². The van der Waals surface area contributed by atoms with Gasteiger partial charge >= 0.3 is 5.97 Å². The van der Waals surface area contributed by atoms with E-state index in [1.54, 1.807) is 30.3 Å². The van der Waals surface area contributed by atoms with E-state index in [4.69, 9.17) is 20.8 Å². The molecule has 0 saturated heterocycles. The van der Waals surface area contributed by atoms with Gasteiger partial charge < -0.3 is 9.15 Å². The van der Waals surface area contributed by atoms with Crippen molar-refractivity contribution in [1.82, 2.24) is 15.2 Å². The van der Waals surface area contributed by atoms with E-state index in [-0.39, 0.29) is 12.5 Å². The van der Waals surface area contributed by atoms with E-state index >= 15 is 0 Å². The zero-order valence-corrected chi connectivity index (χ0v) is 15.4. The number of rotatable bonds is 5. The van der Waals surface area contributed by atoms with Crippen LogP contribution in [0.2, 0.25) is 5.02 Å². The van der Waals surface area contributed by atoms with E-state index in [1.807, 2.05) is 24.3 Å². The largest absolute Gasteiger partial charge is 0.452 e. The summed E-state index contributed by atoms with van der Waals surface area (Å²) in [5.74, 6) is 0.0323. The first-order chi connectivity index (χ1) is 13.2. The smallest absolute Gasteiger partial charge is 0.331 e. The first-order valence-electron chi connectivity index (χ1n) is 7.96. The van der Waals surface area contributed by atoms with E-state index in [0.717, 1.165) is 20.8 Å². The van der Waals surface area contributed by atoms with Crippen LogP contribution in [-0.4, -0.2) is 21.2 Å². The zero-order valence-electron chi connectivity index (χ0n) is 13.8. The van der Waals surface area contributed by atoms with Gasteiger partial charge in [0.1, 0.15) is 5.01 Å². The summed E-state index contributed by atoms with van der Waals surface area (Å²) < 4.78 is 11.7. The Labute approximate surface area is 163 Å². The maximum absolute atomic E-state index is 11.9. The molecule has 8 heteroatoms. The Bertz CT molecular complexity index is 1090. The lowest BCUT2D eigenvalue weighted by atomic mass is 10.2. The Kier molecular flexibility index (Phi) is 4.95. The highest BCUT2D eigenvalue weighted by Gasteiger charge is 2.10. The normalized spacial score (nSPS) is 11.3. The molecule has 0 atom stereocenters. The summed E-state index contributed by atoms with van der Waals surface area (Å²) in [4.78, 5) is 16.3. The van der Waals surface area contributed by atoms with Gasteiger partial charge in [-0.3, -0.25) is 0 Å². The minimum atomic E-state index is -0.513. The van der Waals surface area contributed by atoms with Crippen molar-refractivity contribution in [2.45, 2.75) is 6.61 Å². The third-order valence-corrected chi connectivity index (χ3v) is 4.82.